The van der Waals surface area contributed by atoms with Crippen LogP contribution in [-0.2, 0) is 4.79 Å². The van der Waals surface area contributed by atoms with Crippen molar-refractivity contribution >= 4 is 23.6 Å². The fourth-order valence-corrected chi connectivity index (χ4v) is 1.87. The van der Waals surface area contributed by atoms with Crippen LogP contribution < -0.4 is 14.8 Å². The number of ether oxygens (including phenoxy) is 2. The molecule has 0 heterocycles. The highest BCUT2D eigenvalue weighted by Gasteiger charge is 2.16. The molecule has 122 valence electrons. The van der Waals surface area contributed by atoms with Gasteiger partial charge in [0.2, 0.25) is 0 Å². The molecular weight excluding hydrogens is 330 g/mol. The summed E-state index contributed by atoms with van der Waals surface area (Å²) in [7, 11) is 1.25. The molecule has 1 aromatic rings. The largest absolute Gasteiger partial charge is 0.493 e. The standard InChI is InChI=1S/C15H13ClF2N2O3/c1-3-4-20-14(21)10(8-19)5-9-6-11(16)13(23-15(17)18)12(7-9)22-2/h3,5-7,15H,1,4H2,2H3,(H,20,21)/b10-5+. The Morgan fingerprint density at radius 1 is 1.57 bits per heavy atom. The summed E-state index contributed by atoms with van der Waals surface area (Å²) in [5.74, 6) is -0.973. The van der Waals surface area contributed by atoms with Crippen LogP contribution in [0.4, 0.5) is 8.78 Å². The van der Waals surface area contributed by atoms with E-state index in [2.05, 4.69) is 16.6 Å². The van der Waals surface area contributed by atoms with Crippen LogP contribution in [0.3, 0.4) is 0 Å². The van der Waals surface area contributed by atoms with E-state index in [-0.39, 0.29) is 28.6 Å². The molecule has 0 spiro atoms. The number of nitriles is 1. The van der Waals surface area contributed by atoms with Crippen molar-refractivity contribution in [2.75, 3.05) is 13.7 Å². The lowest BCUT2D eigenvalue weighted by Gasteiger charge is -2.12. The number of nitrogens with one attached hydrogen (secondary N) is 1. The third-order valence-electron chi connectivity index (χ3n) is 2.54. The summed E-state index contributed by atoms with van der Waals surface area (Å²) in [6.07, 6.45) is 2.71. The molecule has 23 heavy (non-hydrogen) atoms. The van der Waals surface area contributed by atoms with Gasteiger partial charge in [0.1, 0.15) is 11.6 Å². The molecule has 0 aliphatic heterocycles. The Morgan fingerprint density at radius 2 is 2.26 bits per heavy atom. The first kappa shape index (κ1) is 18.5. The maximum atomic E-state index is 12.4. The molecular formula is C15H13ClF2N2O3. The van der Waals surface area contributed by atoms with Gasteiger partial charge in [0.05, 0.1) is 12.1 Å². The maximum Gasteiger partial charge on any atom is 0.387 e. The lowest BCUT2D eigenvalue weighted by molar-refractivity contribution is -0.116. The molecule has 5 nitrogen and oxygen atoms in total. The van der Waals surface area contributed by atoms with E-state index in [9.17, 15) is 13.6 Å². The number of hydrogen-bond donors (Lipinski definition) is 1. The second-order valence-electron chi connectivity index (χ2n) is 4.08. The minimum absolute atomic E-state index is 0.0483. The number of carbonyl (C=O) groups is 1. The second-order valence-corrected chi connectivity index (χ2v) is 4.49. The van der Waals surface area contributed by atoms with Crippen molar-refractivity contribution in [1.29, 1.82) is 5.26 Å². The van der Waals surface area contributed by atoms with E-state index in [1.54, 1.807) is 6.07 Å². The quantitative estimate of drug-likeness (QED) is 0.469. The van der Waals surface area contributed by atoms with Crippen LogP contribution in [0.1, 0.15) is 5.56 Å². The summed E-state index contributed by atoms with van der Waals surface area (Å²) in [4.78, 5) is 11.8. The summed E-state index contributed by atoms with van der Waals surface area (Å²) >= 11 is 5.88. The number of halogens is 3. The minimum Gasteiger partial charge on any atom is -0.493 e. The molecule has 0 aliphatic carbocycles. The van der Waals surface area contributed by atoms with E-state index in [4.69, 9.17) is 21.6 Å². The Hall–Kier alpha value is -2.59. The summed E-state index contributed by atoms with van der Waals surface area (Å²) in [6, 6.07) is 4.34. The Kier molecular flexibility index (Phi) is 7.03. The molecule has 8 heteroatoms. The van der Waals surface area contributed by atoms with Gasteiger partial charge >= 0.3 is 6.61 Å². The van der Waals surface area contributed by atoms with Crippen LogP contribution in [0, 0.1) is 11.3 Å². The van der Waals surface area contributed by atoms with Gasteiger partial charge in [-0.1, -0.05) is 17.7 Å². The van der Waals surface area contributed by atoms with Crippen molar-refractivity contribution in [2.45, 2.75) is 6.61 Å². The molecule has 0 radical (unpaired) electrons. The zero-order valence-electron chi connectivity index (χ0n) is 12.1. The average Bonchev–Trinajstić information content (AvgIpc) is 2.51. The molecule has 1 aromatic carbocycles. The van der Waals surface area contributed by atoms with E-state index in [1.807, 2.05) is 0 Å². The molecule has 0 atom stereocenters. The highest BCUT2D eigenvalue weighted by atomic mass is 35.5. The summed E-state index contributed by atoms with van der Waals surface area (Å²) in [5, 5.41) is 11.3. The minimum atomic E-state index is -3.07. The van der Waals surface area contributed by atoms with Crippen molar-refractivity contribution in [1.82, 2.24) is 5.32 Å². The molecule has 0 bridgehead atoms. The van der Waals surface area contributed by atoms with Gasteiger partial charge in [0, 0.05) is 6.54 Å². The van der Waals surface area contributed by atoms with Gasteiger partial charge in [-0.15, -0.1) is 6.58 Å². The van der Waals surface area contributed by atoms with Gasteiger partial charge in [-0.2, -0.15) is 14.0 Å². The Labute approximate surface area is 136 Å². The van der Waals surface area contributed by atoms with Gasteiger partial charge in [-0.3, -0.25) is 4.79 Å². The van der Waals surface area contributed by atoms with E-state index < -0.39 is 12.5 Å². The number of amides is 1. The van der Waals surface area contributed by atoms with E-state index in [0.717, 1.165) is 0 Å². The number of nitrogens with zero attached hydrogens (tertiary/aromatic N) is 1. The van der Waals surface area contributed by atoms with Gasteiger partial charge in [-0.25, -0.2) is 0 Å². The Bertz CT molecular complexity index is 669. The zero-order valence-corrected chi connectivity index (χ0v) is 12.9. The molecule has 0 aliphatic rings. The van der Waals surface area contributed by atoms with Crippen LogP contribution in [0.25, 0.3) is 6.08 Å². The normalized spacial score (nSPS) is 10.9. The van der Waals surface area contributed by atoms with Gasteiger partial charge in [0.15, 0.2) is 11.5 Å². The summed E-state index contributed by atoms with van der Waals surface area (Å²) < 4.78 is 33.9. The van der Waals surface area contributed by atoms with Crippen molar-refractivity contribution < 1.29 is 23.0 Å². The van der Waals surface area contributed by atoms with Crippen LogP contribution in [0.2, 0.25) is 5.02 Å². The smallest absolute Gasteiger partial charge is 0.387 e. The van der Waals surface area contributed by atoms with Crippen LogP contribution in [0.15, 0.2) is 30.4 Å². The first-order chi connectivity index (χ1) is 10.9. The molecule has 0 saturated heterocycles. The molecule has 1 amide bonds. The molecule has 0 unspecified atom stereocenters. The number of rotatable bonds is 7. The van der Waals surface area contributed by atoms with Crippen molar-refractivity contribution in [2.24, 2.45) is 0 Å². The van der Waals surface area contributed by atoms with Crippen molar-refractivity contribution in [3.63, 3.8) is 0 Å². The second kappa shape index (κ2) is 8.76. The summed E-state index contributed by atoms with van der Waals surface area (Å²) in [6.45, 7) is 0.573. The first-order valence-corrected chi connectivity index (χ1v) is 6.64. The highest BCUT2D eigenvalue weighted by molar-refractivity contribution is 6.32. The van der Waals surface area contributed by atoms with Gasteiger partial charge < -0.3 is 14.8 Å². The SMILES string of the molecule is C=CCNC(=O)/C(C#N)=C/c1cc(Cl)c(OC(F)F)c(OC)c1. The average molecular weight is 343 g/mol. The van der Waals surface area contributed by atoms with E-state index in [0.29, 0.717) is 5.56 Å². The van der Waals surface area contributed by atoms with Gasteiger partial charge in [0.25, 0.3) is 5.91 Å². The zero-order chi connectivity index (χ0) is 17.4. The van der Waals surface area contributed by atoms with Gasteiger partial charge in [-0.05, 0) is 23.8 Å². The molecule has 1 N–H and O–H groups in total. The first-order valence-electron chi connectivity index (χ1n) is 6.26. The topological polar surface area (TPSA) is 71.4 Å². The van der Waals surface area contributed by atoms with E-state index >= 15 is 0 Å². The van der Waals surface area contributed by atoms with E-state index in [1.165, 1.54) is 31.4 Å². The van der Waals surface area contributed by atoms with Crippen molar-refractivity contribution in [3.05, 3.63) is 40.9 Å². The molecule has 0 fully saturated rings. The highest BCUT2D eigenvalue weighted by Crippen LogP contribution is 2.37. The van der Waals surface area contributed by atoms with Crippen LogP contribution >= 0.6 is 11.6 Å². The lowest BCUT2D eigenvalue weighted by atomic mass is 10.1. The Balaban J connectivity index is 3.20. The third-order valence-corrected chi connectivity index (χ3v) is 2.82. The molecule has 1 rings (SSSR count). The maximum absolute atomic E-state index is 12.4. The fourth-order valence-electron chi connectivity index (χ4n) is 1.60. The number of benzene rings is 1. The predicted octanol–water partition coefficient (Wildman–Crippen LogP) is 3.16. The third kappa shape index (κ3) is 5.27. The Morgan fingerprint density at radius 3 is 2.78 bits per heavy atom. The van der Waals surface area contributed by atoms with Crippen LogP contribution in [0.5, 0.6) is 11.5 Å². The number of carbonyl (C=O) groups excluding carboxylic acids is 1. The fraction of sp³-hybridized carbons (Fsp3) is 0.200. The summed E-state index contributed by atoms with van der Waals surface area (Å²) in [5.41, 5.74) is 0.131. The monoisotopic (exact) mass is 342 g/mol. The lowest BCUT2D eigenvalue weighted by Crippen LogP contribution is -2.24. The van der Waals surface area contributed by atoms with Crippen molar-refractivity contribution in [3.8, 4) is 17.6 Å². The molecule has 0 aromatic heterocycles. The van der Waals surface area contributed by atoms with Crippen LogP contribution in [-0.4, -0.2) is 26.2 Å². The number of hydrogen-bond acceptors (Lipinski definition) is 4. The number of methoxy groups -OCH3 is 1. The number of alkyl halides is 2. The predicted molar refractivity (Wildman–Crippen MR) is 81.4 cm³/mol. The molecule has 0 saturated carbocycles.